The third-order valence-electron chi connectivity index (χ3n) is 2.12. The number of halogens is 3. The Bertz CT molecular complexity index is 484. The fraction of sp³-hybridized carbons (Fsp3) is 0.556. The molecule has 0 aromatic carbocycles. The van der Waals surface area contributed by atoms with Crippen LogP contribution in [0.4, 0.5) is 8.78 Å². The smallest absolute Gasteiger partial charge is 0.252 e. The van der Waals surface area contributed by atoms with Gasteiger partial charge in [-0.15, -0.1) is 11.3 Å². The van der Waals surface area contributed by atoms with E-state index in [0.717, 1.165) is 11.3 Å². The Morgan fingerprint density at radius 2 is 2.17 bits per heavy atom. The summed E-state index contributed by atoms with van der Waals surface area (Å²) in [6, 6.07) is 1.33. The molecule has 0 aliphatic rings. The topological polar surface area (TPSA) is 57.6 Å². The number of aryl methyl sites for hydroxylation is 1. The molecule has 9 heteroatoms. The van der Waals surface area contributed by atoms with E-state index in [1.165, 1.54) is 6.07 Å². The van der Waals surface area contributed by atoms with Crippen molar-refractivity contribution >= 4 is 33.0 Å². The summed E-state index contributed by atoms with van der Waals surface area (Å²) in [7, 11) is -4.03. The van der Waals surface area contributed by atoms with E-state index in [9.17, 15) is 17.2 Å². The quantitative estimate of drug-likeness (QED) is 0.872. The lowest BCUT2D eigenvalue weighted by Gasteiger charge is -2.19. The molecule has 1 aromatic heterocycles. The Morgan fingerprint density at radius 3 is 2.56 bits per heavy atom. The number of aliphatic hydroxyl groups is 1. The first-order chi connectivity index (χ1) is 8.28. The standard InChI is InChI=1S/C9H12ClF2NO3S2/c1-6-4-8(17-9(6)10)18(15,16)13(2-3-14)5-7(11)12/h4,7,14H,2-3,5H2,1H3. The Labute approximate surface area is 113 Å². The maximum Gasteiger partial charge on any atom is 0.252 e. The maximum absolute atomic E-state index is 12.3. The van der Waals surface area contributed by atoms with Crippen molar-refractivity contribution in [3.63, 3.8) is 0 Å². The van der Waals surface area contributed by atoms with E-state index in [2.05, 4.69) is 0 Å². The summed E-state index contributed by atoms with van der Waals surface area (Å²) in [4.78, 5) is 0. The number of hydrogen-bond donors (Lipinski definition) is 1. The van der Waals surface area contributed by atoms with Crippen molar-refractivity contribution in [2.45, 2.75) is 17.6 Å². The summed E-state index contributed by atoms with van der Waals surface area (Å²) in [5, 5.41) is 8.75. The lowest BCUT2D eigenvalue weighted by Crippen LogP contribution is -2.36. The second kappa shape index (κ2) is 6.25. The first-order valence-electron chi connectivity index (χ1n) is 4.94. The number of sulfonamides is 1. The summed E-state index contributed by atoms with van der Waals surface area (Å²) >= 11 is 6.57. The number of hydrogen-bond acceptors (Lipinski definition) is 4. The van der Waals surface area contributed by atoms with Gasteiger partial charge in [0.15, 0.2) is 0 Å². The average molecular weight is 320 g/mol. The van der Waals surface area contributed by atoms with E-state index >= 15 is 0 Å². The van der Waals surface area contributed by atoms with Gasteiger partial charge in [-0.05, 0) is 18.6 Å². The maximum atomic E-state index is 12.3. The highest BCUT2D eigenvalue weighted by Crippen LogP contribution is 2.32. The molecule has 0 aliphatic carbocycles. The summed E-state index contributed by atoms with van der Waals surface area (Å²) in [6.45, 7) is -0.218. The van der Waals surface area contributed by atoms with Gasteiger partial charge in [0.25, 0.3) is 16.4 Å². The van der Waals surface area contributed by atoms with Gasteiger partial charge >= 0.3 is 0 Å². The first kappa shape index (κ1) is 15.8. The summed E-state index contributed by atoms with van der Waals surface area (Å²) in [6.07, 6.45) is -2.80. The van der Waals surface area contributed by atoms with Crippen LogP contribution in [0.3, 0.4) is 0 Å². The van der Waals surface area contributed by atoms with Crippen LogP contribution in [0.25, 0.3) is 0 Å². The highest BCUT2D eigenvalue weighted by molar-refractivity contribution is 7.91. The molecule has 0 fully saturated rings. The van der Waals surface area contributed by atoms with Crippen molar-refractivity contribution < 1.29 is 22.3 Å². The van der Waals surface area contributed by atoms with E-state index < -0.39 is 29.6 Å². The highest BCUT2D eigenvalue weighted by atomic mass is 35.5. The molecule has 18 heavy (non-hydrogen) atoms. The molecule has 0 amide bonds. The van der Waals surface area contributed by atoms with Gasteiger partial charge in [0.05, 0.1) is 17.5 Å². The molecular formula is C9H12ClF2NO3S2. The molecule has 1 aromatic rings. The molecule has 0 saturated heterocycles. The van der Waals surface area contributed by atoms with E-state index in [0.29, 0.717) is 14.2 Å². The zero-order valence-electron chi connectivity index (χ0n) is 9.44. The predicted molar refractivity (Wildman–Crippen MR) is 65.9 cm³/mol. The van der Waals surface area contributed by atoms with E-state index in [1.807, 2.05) is 0 Å². The lowest BCUT2D eigenvalue weighted by atomic mass is 10.4. The molecule has 0 spiro atoms. The lowest BCUT2D eigenvalue weighted by molar-refractivity contribution is 0.113. The largest absolute Gasteiger partial charge is 0.395 e. The van der Waals surface area contributed by atoms with Crippen LogP contribution in [0, 0.1) is 6.92 Å². The van der Waals surface area contributed by atoms with Gasteiger partial charge in [-0.1, -0.05) is 11.6 Å². The molecule has 1 N–H and O–H groups in total. The fourth-order valence-electron chi connectivity index (χ4n) is 1.26. The molecule has 1 rings (SSSR count). The molecule has 1 heterocycles. The fourth-order valence-corrected chi connectivity index (χ4v) is 4.53. The Balaban J connectivity index is 3.08. The zero-order valence-corrected chi connectivity index (χ0v) is 11.8. The normalized spacial score (nSPS) is 12.6. The molecule has 0 saturated carbocycles. The van der Waals surface area contributed by atoms with Gasteiger partial charge in [0.2, 0.25) is 0 Å². The Kier molecular flexibility index (Phi) is 5.47. The molecule has 4 nitrogen and oxygen atoms in total. The molecule has 0 atom stereocenters. The third kappa shape index (κ3) is 3.61. The monoisotopic (exact) mass is 319 g/mol. The van der Waals surface area contributed by atoms with Crippen LogP contribution >= 0.6 is 22.9 Å². The molecule has 104 valence electrons. The molecule has 0 aliphatic heterocycles. The second-order valence-corrected chi connectivity index (χ2v) is 7.32. The predicted octanol–water partition coefficient (Wildman–Crippen LogP) is 1.96. The van der Waals surface area contributed by atoms with Gasteiger partial charge in [0, 0.05) is 6.54 Å². The number of aliphatic hydroxyl groups excluding tert-OH is 1. The van der Waals surface area contributed by atoms with Crippen LogP contribution in [-0.4, -0.2) is 44.0 Å². The molecule has 0 unspecified atom stereocenters. The summed E-state index contributed by atoms with van der Waals surface area (Å²) in [5.41, 5.74) is 0.571. The zero-order chi connectivity index (χ0) is 13.9. The van der Waals surface area contributed by atoms with Crippen LogP contribution in [0.2, 0.25) is 4.34 Å². The van der Waals surface area contributed by atoms with Gasteiger partial charge in [-0.3, -0.25) is 0 Å². The SMILES string of the molecule is Cc1cc(S(=O)(=O)N(CCO)CC(F)F)sc1Cl. The van der Waals surface area contributed by atoms with Crippen LogP contribution < -0.4 is 0 Å². The third-order valence-corrected chi connectivity index (χ3v) is 5.99. The Hall–Kier alpha value is -0.280. The van der Waals surface area contributed by atoms with Crippen LogP contribution in [-0.2, 0) is 10.0 Å². The molecule has 0 radical (unpaired) electrons. The van der Waals surface area contributed by atoms with E-state index in [4.69, 9.17) is 16.7 Å². The van der Waals surface area contributed by atoms with Crippen LogP contribution in [0.1, 0.15) is 5.56 Å². The second-order valence-electron chi connectivity index (χ2n) is 3.50. The minimum absolute atomic E-state index is 0.0981. The van der Waals surface area contributed by atoms with Crippen LogP contribution in [0.5, 0.6) is 0 Å². The number of rotatable bonds is 6. The first-order valence-corrected chi connectivity index (χ1v) is 7.57. The summed E-state index contributed by atoms with van der Waals surface area (Å²) < 4.78 is 49.5. The van der Waals surface area contributed by atoms with Crippen molar-refractivity contribution in [1.29, 1.82) is 0 Å². The van der Waals surface area contributed by atoms with Gasteiger partial charge in [-0.25, -0.2) is 17.2 Å². The van der Waals surface area contributed by atoms with Crippen molar-refractivity contribution in [2.24, 2.45) is 0 Å². The number of thiophene rings is 1. The van der Waals surface area contributed by atoms with Crippen molar-refractivity contribution in [1.82, 2.24) is 4.31 Å². The Morgan fingerprint density at radius 1 is 1.56 bits per heavy atom. The molecule has 0 bridgehead atoms. The van der Waals surface area contributed by atoms with Crippen LogP contribution in [0.15, 0.2) is 10.3 Å². The van der Waals surface area contributed by atoms with Crippen molar-refractivity contribution in [2.75, 3.05) is 19.7 Å². The molecular weight excluding hydrogens is 308 g/mol. The highest BCUT2D eigenvalue weighted by Gasteiger charge is 2.28. The summed E-state index contributed by atoms with van der Waals surface area (Å²) in [5.74, 6) is 0. The number of nitrogens with zero attached hydrogens (tertiary/aromatic N) is 1. The van der Waals surface area contributed by atoms with Gasteiger partial charge < -0.3 is 5.11 Å². The van der Waals surface area contributed by atoms with Crippen molar-refractivity contribution in [3.05, 3.63) is 16.0 Å². The van der Waals surface area contributed by atoms with E-state index in [-0.39, 0.29) is 10.8 Å². The average Bonchev–Trinajstić information content (AvgIpc) is 2.59. The van der Waals surface area contributed by atoms with Crippen molar-refractivity contribution in [3.8, 4) is 0 Å². The number of alkyl halides is 2. The van der Waals surface area contributed by atoms with Gasteiger partial charge in [-0.2, -0.15) is 4.31 Å². The minimum atomic E-state index is -4.03. The minimum Gasteiger partial charge on any atom is -0.395 e. The van der Waals surface area contributed by atoms with E-state index in [1.54, 1.807) is 6.92 Å². The van der Waals surface area contributed by atoms with Gasteiger partial charge in [0.1, 0.15) is 4.21 Å².